The molecule has 0 aromatic heterocycles. The molecule has 0 radical (unpaired) electrons. The summed E-state index contributed by atoms with van der Waals surface area (Å²) in [6.45, 7) is 6.01. The van der Waals surface area contributed by atoms with Crippen LogP contribution in [0, 0.1) is 11.3 Å². The quantitative estimate of drug-likeness (QED) is 0.696. The number of rotatable bonds is 7. The van der Waals surface area contributed by atoms with E-state index in [4.69, 9.17) is 4.74 Å². The first-order valence-electron chi connectivity index (χ1n) is 9.13. The minimum absolute atomic E-state index is 0.167. The van der Waals surface area contributed by atoms with Gasteiger partial charge in [-0.15, -0.1) is 0 Å². The summed E-state index contributed by atoms with van der Waals surface area (Å²) in [5.41, 5.74) is 1.50. The monoisotopic (exact) mass is 361 g/mol. The minimum Gasteiger partial charge on any atom is -0.448 e. The normalized spacial score (nSPS) is 19.2. The molecule has 0 spiro atoms. The number of aliphatic hydroxyl groups is 1. The Hall–Kier alpha value is -2.28. The second-order valence-electron chi connectivity index (χ2n) is 7.59. The molecule has 26 heavy (non-hydrogen) atoms. The lowest BCUT2D eigenvalue weighted by Gasteiger charge is -2.25. The number of carbonyl (C=O) groups is 2. The van der Waals surface area contributed by atoms with E-state index in [-0.39, 0.29) is 29.6 Å². The maximum Gasteiger partial charge on any atom is 0.410 e. The topological polar surface area (TPSA) is 90.9 Å². The van der Waals surface area contributed by atoms with Crippen molar-refractivity contribution < 1.29 is 19.4 Å². The Morgan fingerprint density at radius 1 is 1.31 bits per heavy atom. The van der Waals surface area contributed by atoms with Crippen LogP contribution < -0.4 is 10.6 Å². The number of amides is 3. The number of ether oxygens (including phenoxy) is 1. The van der Waals surface area contributed by atoms with Gasteiger partial charge in [-0.3, -0.25) is 0 Å². The Bertz CT molecular complexity index is 655. The van der Waals surface area contributed by atoms with E-state index in [1.54, 1.807) is 4.90 Å². The standard InChI is InChI=1S/C19H27N3O4/c1-13(2)16(23)19(7-8-19)12-20-17(24)21-15-5-3-14(4-6-15)11-22-9-10-26-18(22)25/h3-6,13,16,23H,7-12H2,1-2H3,(H2,20,21,24)/t16-/m0/s1. The highest BCUT2D eigenvalue weighted by Crippen LogP contribution is 2.50. The van der Waals surface area contributed by atoms with Crippen LogP contribution in [-0.4, -0.2) is 47.9 Å². The zero-order valence-electron chi connectivity index (χ0n) is 15.3. The first-order chi connectivity index (χ1) is 12.4. The second-order valence-corrected chi connectivity index (χ2v) is 7.59. The van der Waals surface area contributed by atoms with Crippen LogP contribution in [0.15, 0.2) is 24.3 Å². The van der Waals surface area contributed by atoms with Gasteiger partial charge in [-0.05, 0) is 36.5 Å². The van der Waals surface area contributed by atoms with Gasteiger partial charge in [0.05, 0.1) is 12.6 Å². The third-order valence-electron chi connectivity index (χ3n) is 5.18. The number of nitrogens with zero attached hydrogens (tertiary/aromatic N) is 1. The first-order valence-corrected chi connectivity index (χ1v) is 9.13. The molecule has 142 valence electrons. The molecule has 0 unspecified atom stereocenters. The van der Waals surface area contributed by atoms with Crippen molar-refractivity contribution in [3.63, 3.8) is 0 Å². The third kappa shape index (κ3) is 4.27. The van der Waals surface area contributed by atoms with Gasteiger partial charge in [0.2, 0.25) is 0 Å². The molecule has 3 N–H and O–H groups in total. The highest BCUT2D eigenvalue weighted by molar-refractivity contribution is 5.89. The lowest BCUT2D eigenvalue weighted by Crippen LogP contribution is -2.40. The molecule has 1 heterocycles. The van der Waals surface area contributed by atoms with Crippen LogP contribution in [0.4, 0.5) is 15.3 Å². The van der Waals surface area contributed by atoms with Crippen molar-refractivity contribution in [1.29, 1.82) is 0 Å². The molecule has 3 amide bonds. The van der Waals surface area contributed by atoms with Crippen LogP contribution in [0.25, 0.3) is 0 Å². The number of anilines is 1. The van der Waals surface area contributed by atoms with Crippen LogP contribution in [0.1, 0.15) is 32.3 Å². The van der Waals surface area contributed by atoms with Crippen molar-refractivity contribution in [2.75, 3.05) is 25.0 Å². The largest absolute Gasteiger partial charge is 0.448 e. The smallest absolute Gasteiger partial charge is 0.410 e. The van der Waals surface area contributed by atoms with Gasteiger partial charge < -0.3 is 25.4 Å². The summed E-state index contributed by atoms with van der Waals surface area (Å²) in [5.74, 6) is 0.183. The molecule has 1 saturated heterocycles. The third-order valence-corrected chi connectivity index (χ3v) is 5.18. The maximum atomic E-state index is 12.1. The van der Waals surface area contributed by atoms with Gasteiger partial charge in [-0.1, -0.05) is 26.0 Å². The fraction of sp³-hybridized carbons (Fsp3) is 0.579. The lowest BCUT2D eigenvalue weighted by molar-refractivity contribution is 0.0518. The van der Waals surface area contributed by atoms with E-state index in [1.807, 2.05) is 38.1 Å². The maximum absolute atomic E-state index is 12.1. The Labute approximate surface area is 153 Å². The fourth-order valence-corrected chi connectivity index (χ4v) is 3.36. The zero-order valence-corrected chi connectivity index (χ0v) is 15.3. The Balaban J connectivity index is 1.46. The van der Waals surface area contributed by atoms with Gasteiger partial charge in [-0.2, -0.15) is 0 Å². The van der Waals surface area contributed by atoms with Crippen molar-refractivity contribution in [2.24, 2.45) is 11.3 Å². The van der Waals surface area contributed by atoms with Gasteiger partial charge in [0, 0.05) is 24.2 Å². The number of aliphatic hydroxyl groups excluding tert-OH is 1. The summed E-state index contributed by atoms with van der Waals surface area (Å²) in [6, 6.07) is 7.11. The summed E-state index contributed by atoms with van der Waals surface area (Å²) in [4.78, 5) is 25.2. The van der Waals surface area contributed by atoms with E-state index < -0.39 is 0 Å². The zero-order chi connectivity index (χ0) is 18.7. The molecule has 7 heteroatoms. The Morgan fingerprint density at radius 2 is 2.00 bits per heavy atom. The van der Waals surface area contributed by atoms with Crippen LogP contribution in [0.3, 0.4) is 0 Å². The van der Waals surface area contributed by atoms with Gasteiger partial charge in [0.1, 0.15) is 6.61 Å². The van der Waals surface area contributed by atoms with Crippen molar-refractivity contribution >= 4 is 17.8 Å². The molecule has 1 aliphatic heterocycles. The number of hydrogen-bond donors (Lipinski definition) is 3. The van der Waals surface area contributed by atoms with Gasteiger partial charge in [0.15, 0.2) is 0 Å². The fourth-order valence-electron chi connectivity index (χ4n) is 3.36. The summed E-state index contributed by atoms with van der Waals surface area (Å²) >= 11 is 0. The summed E-state index contributed by atoms with van der Waals surface area (Å²) in [6.07, 6.45) is 1.21. The average Bonchev–Trinajstić information content (AvgIpc) is 3.31. The molecule has 1 saturated carbocycles. The molecule has 2 aliphatic rings. The van der Waals surface area contributed by atoms with Crippen molar-refractivity contribution in [1.82, 2.24) is 10.2 Å². The van der Waals surface area contributed by atoms with Crippen molar-refractivity contribution in [3.05, 3.63) is 29.8 Å². The molecule has 2 fully saturated rings. The predicted octanol–water partition coefficient (Wildman–Crippen LogP) is 2.56. The number of cyclic esters (lactones) is 1. The first kappa shape index (κ1) is 18.5. The van der Waals surface area contributed by atoms with Crippen molar-refractivity contribution in [2.45, 2.75) is 39.3 Å². The second kappa shape index (κ2) is 7.53. The Morgan fingerprint density at radius 3 is 2.54 bits per heavy atom. The molecule has 0 bridgehead atoms. The number of carbonyl (C=O) groups excluding carboxylic acids is 2. The summed E-state index contributed by atoms with van der Waals surface area (Å²) in [5, 5.41) is 15.9. The van der Waals surface area contributed by atoms with Gasteiger partial charge in [0.25, 0.3) is 0 Å². The van der Waals surface area contributed by atoms with E-state index in [9.17, 15) is 14.7 Å². The van der Waals surface area contributed by atoms with Crippen LogP contribution in [0.5, 0.6) is 0 Å². The summed E-state index contributed by atoms with van der Waals surface area (Å²) < 4.78 is 4.91. The molecule has 1 aliphatic carbocycles. The SMILES string of the molecule is CC(C)[C@H](O)C1(CNC(=O)Nc2ccc(CN3CCOC3=O)cc2)CC1. The average molecular weight is 361 g/mol. The molecular formula is C19H27N3O4. The van der Waals surface area contributed by atoms with E-state index in [2.05, 4.69) is 10.6 Å². The molecule has 1 atom stereocenters. The van der Waals surface area contributed by atoms with Crippen molar-refractivity contribution in [3.8, 4) is 0 Å². The van der Waals surface area contributed by atoms with Gasteiger partial charge >= 0.3 is 12.1 Å². The Kier molecular flexibility index (Phi) is 5.36. The van der Waals surface area contributed by atoms with Crippen LogP contribution in [0.2, 0.25) is 0 Å². The highest BCUT2D eigenvalue weighted by atomic mass is 16.6. The number of urea groups is 1. The van der Waals surface area contributed by atoms with E-state index >= 15 is 0 Å². The lowest BCUT2D eigenvalue weighted by atomic mass is 9.90. The molecule has 3 rings (SSSR count). The number of hydrogen-bond acceptors (Lipinski definition) is 4. The van der Waals surface area contributed by atoms with Gasteiger partial charge in [-0.25, -0.2) is 9.59 Å². The van der Waals surface area contributed by atoms with E-state index in [0.717, 1.165) is 18.4 Å². The molecule has 1 aromatic carbocycles. The molecule has 7 nitrogen and oxygen atoms in total. The van der Waals surface area contributed by atoms with Crippen LogP contribution >= 0.6 is 0 Å². The minimum atomic E-state index is -0.389. The van der Waals surface area contributed by atoms with Crippen LogP contribution in [-0.2, 0) is 11.3 Å². The summed E-state index contributed by atoms with van der Waals surface area (Å²) in [7, 11) is 0. The predicted molar refractivity (Wildman–Crippen MR) is 97.7 cm³/mol. The number of nitrogens with one attached hydrogen (secondary N) is 2. The molecule has 1 aromatic rings. The van der Waals surface area contributed by atoms with E-state index in [1.165, 1.54) is 0 Å². The number of benzene rings is 1. The molecular weight excluding hydrogens is 334 g/mol. The highest BCUT2D eigenvalue weighted by Gasteiger charge is 2.49. The van der Waals surface area contributed by atoms with E-state index in [0.29, 0.717) is 31.9 Å².